The molecule has 1 aliphatic heterocycles. The predicted octanol–water partition coefficient (Wildman–Crippen LogP) is 0.994. The summed E-state index contributed by atoms with van der Waals surface area (Å²) >= 11 is 0. The van der Waals surface area contributed by atoms with E-state index in [4.69, 9.17) is 19.1 Å². The largest absolute Gasteiger partial charge is 0.540 e. The van der Waals surface area contributed by atoms with Crippen LogP contribution in [0.25, 0.3) is 0 Å². The standard InChI is InChI=1S/C11H20O7/c1-8(12)4-11(2,3)18-17-10(13)15-6-9-5-14-7-16-9/h8-9,12H,4-7H2,1-3H3. The van der Waals surface area contributed by atoms with Crippen molar-refractivity contribution < 1.29 is 33.9 Å². The first-order chi connectivity index (χ1) is 8.39. The average molecular weight is 264 g/mol. The first-order valence-electron chi connectivity index (χ1n) is 5.79. The lowest BCUT2D eigenvalue weighted by molar-refractivity contribution is -0.322. The van der Waals surface area contributed by atoms with Gasteiger partial charge in [0.1, 0.15) is 25.1 Å². The van der Waals surface area contributed by atoms with Gasteiger partial charge in [0.15, 0.2) is 0 Å². The van der Waals surface area contributed by atoms with Crippen molar-refractivity contribution in [2.24, 2.45) is 0 Å². The SMILES string of the molecule is CC(O)CC(C)(C)OOC(=O)OCC1COCO1. The highest BCUT2D eigenvalue weighted by molar-refractivity contribution is 5.59. The molecule has 0 saturated carbocycles. The fourth-order valence-electron chi connectivity index (χ4n) is 1.55. The topological polar surface area (TPSA) is 83.5 Å². The van der Waals surface area contributed by atoms with Gasteiger partial charge in [-0.05, 0) is 20.8 Å². The van der Waals surface area contributed by atoms with Crippen molar-refractivity contribution in [3.63, 3.8) is 0 Å². The fourth-order valence-corrected chi connectivity index (χ4v) is 1.55. The van der Waals surface area contributed by atoms with Crippen molar-refractivity contribution in [3.8, 4) is 0 Å². The summed E-state index contributed by atoms with van der Waals surface area (Å²) in [6, 6.07) is 0. The molecule has 0 spiro atoms. The van der Waals surface area contributed by atoms with E-state index in [-0.39, 0.29) is 19.5 Å². The third-order valence-electron chi connectivity index (χ3n) is 2.20. The first-order valence-corrected chi connectivity index (χ1v) is 5.79. The summed E-state index contributed by atoms with van der Waals surface area (Å²) in [7, 11) is 0. The number of rotatable bonds is 6. The van der Waals surface area contributed by atoms with Crippen LogP contribution in [0.3, 0.4) is 0 Å². The molecule has 0 aromatic carbocycles. The number of hydrogen-bond acceptors (Lipinski definition) is 7. The molecule has 2 atom stereocenters. The van der Waals surface area contributed by atoms with Crippen LogP contribution >= 0.6 is 0 Å². The second-order valence-electron chi connectivity index (χ2n) is 4.82. The normalized spacial score (nSPS) is 21.7. The lowest BCUT2D eigenvalue weighted by Gasteiger charge is -2.23. The molecule has 7 nitrogen and oxygen atoms in total. The molecule has 18 heavy (non-hydrogen) atoms. The van der Waals surface area contributed by atoms with Crippen LogP contribution in [0.5, 0.6) is 0 Å². The van der Waals surface area contributed by atoms with E-state index >= 15 is 0 Å². The van der Waals surface area contributed by atoms with Gasteiger partial charge in [-0.1, -0.05) is 0 Å². The number of hydrogen-bond donors (Lipinski definition) is 1. The van der Waals surface area contributed by atoms with E-state index in [1.807, 2.05) is 0 Å². The number of aliphatic hydroxyl groups is 1. The highest BCUT2D eigenvalue weighted by Crippen LogP contribution is 2.17. The van der Waals surface area contributed by atoms with E-state index in [1.54, 1.807) is 20.8 Å². The van der Waals surface area contributed by atoms with Crippen molar-refractivity contribution >= 4 is 6.16 Å². The van der Waals surface area contributed by atoms with Gasteiger partial charge >= 0.3 is 6.16 Å². The molecule has 1 aliphatic rings. The number of aliphatic hydroxyl groups excluding tert-OH is 1. The van der Waals surface area contributed by atoms with Gasteiger partial charge < -0.3 is 19.3 Å². The average Bonchev–Trinajstić information content (AvgIpc) is 2.74. The molecule has 1 fully saturated rings. The van der Waals surface area contributed by atoms with E-state index in [1.165, 1.54) is 0 Å². The molecular formula is C11H20O7. The molecule has 0 aromatic rings. The van der Waals surface area contributed by atoms with Gasteiger partial charge in [-0.15, -0.1) is 0 Å². The summed E-state index contributed by atoms with van der Waals surface area (Å²) in [6.07, 6.45) is -1.42. The highest BCUT2D eigenvalue weighted by atomic mass is 17.2. The molecule has 0 amide bonds. The summed E-state index contributed by atoms with van der Waals surface area (Å²) < 4.78 is 14.8. The van der Waals surface area contributed by atoms with Crippen molar-refractivity contribution in [2.45, 2.75) is 45.0 Å². The lowest BCUT2D eigenvalue weighted by atomic mass is 10.0. The summed E-state index contributed by atoms with van der Waals surface area (Å²) in [4.78, 5) is 20.6. The quantitative estimate of drug-likeness (QED) is 0.435. The second kappa shape index (κ2) is 6.89. The van der Waals surface area contributed by atoms with Crippen LogP contribution in [-0.2, 0) is 24.0 Å². The fraction of sp³-hybridized carbons (Fsp3) is 0.909. The van der Waals surface area contributed by atoms with Crippen LogP contribution in [0.4, 0.5) is 4.79 Å². The van der Waals surface area contributed by atoms with Crippen LogP contribution in [-0.4, -0.2) is 49.1 Å². The molecule has 2 unspecified atom stereocenters. The molecule has 1 rings (SSSR count). The van der Waals surface area contributed by atoms with Crippen LogP contribution in [0.1, 0.15) is 27.2 Å². The Labute approximate surface area is 106 Å². The van der Waals surface area contributed by atoms with Crippen molar-refractivity contribution in [1.29, 1.82) is 0 Å². The van der Waals surface area contributed by atoms with E-state index in [2.05, 4.69) is 4.89 Å². The van der Waals surface area contributed by atoms with E-state index in [9.17, 15) is 9.90 Å². The molecule has 0 bridgehead atoms. The van der Waals surface area contributed by atoms with Gasteiger partial charge in [0.2, 0.25) is 0 Å². The molecule has 0 aromatic heterocycles. The summed E-state index contributed by atoms with van der Waals surface area (Å²) in [6.45, 7) is 5.67. The maximum absolute atomic E-state index is 11.2. The Kier molecular flexibility index (Phi) is 5.80. The smallest absolute Gasteiger partial charge is 0.429 e. The van der Waals surface area contributed by atoms with E-state index in [0.717, 1.165) is 0 Å². The molecular weight excluding hydrogens is 244 g/mol. The number of ether oxygens (including phenoxy) is 3. The molecule has 0 aliphatic carbocycles. The second-order valence-corrected chi connectivity index (χ2v) is 4.82. The minimum atomic E-state index is -0.941. The maximum atomic E-state index is 11.2. The van der Waals surface area contributed by atoms with Crippen LogP contribution < -0.4 is 0 Å². The summed E-state index contributed by atoms with van der Waals surface area (Å²) in [5.41, 5.74) is -0.778. The zero-order chi connectivity index (χ0) is 13.6. The van der Waals surface area contributed by atoms with Crippen molar-refractivity contribution in [1.82, 2.24) is 0 Å². The van der Waals surface area contributed by atoms with Gasteiger partial charge in [0.05, 0.1) is 12.7 Å². The Morgan fingerprint density at radius 3 is 2.83 bits per heavy atom. The number of carbonyl (C=O) groups excluding carboxylic acids is 1. The van der Waals surface area contributed by atoms with Crippen LogP contribution in [0.2, 0.25) is 0 Å². The van der Waals surface area contributed by atoms with Gasteiger partial charge in [0.25, 0.3) is 0 Å². The molecule has 1 saturated heterocycles. The third kappa shape index (κ3) is 6.15. The lowest BCUT2D eigenvalue weighted by Crippen LogP contribution is -2.31. The number of carbonyl (C=O) groups is 1. The zero-order valence-electron chi connectivity index (χ0n) is 10.9. The Hall–Kier alpha value is -0.890. The van der Waals surface area contributed by atoms with E-state index < -0.39 is 17.9 Å². The third-order valence-corrected chi connectivity index (χ3v) is 2.20. The van der Waals surface area contributed by atoms with Crippen LogP contribution in [0.15, 0.2) is 0 Å². The van der Waals surface area contributed by atoms with Crippen LogP contribution in [0, 0.1) is 0 Å². The Bertz CT molecular complexity index is 258. The molecule has 106 valence electrons. The Balaban J connectivity index is 2.15. The monoisotopic (exact) mass is 264 g/mol. The van der Waals surface area contributed by atoms with Crippen molar-refractivity contribution in [3.05, 3.63) is 0 Å². The summed E-state index contributed by atoms with van der Waals surface area (Å²) in [5, 5.41) is 9.22. The maximum Gasteiger partial charge on any atom is 0.540 e. The van der Waals surface area contributed by atoms with Gasteiger partial charge in [-0.25, -0.2) is 4.79 Å². The predicted molar refractivity (Wildman–Crippen MR) is 59.6 cm³/mol. The minimum Gasteiger partial charge on any atom is -0.429 e. The van der Waals surface area contributed by atoms with Gasteiger partial charge in [-0.2, -0.15) is 4.89 Å². The molecule has 1 heterocycles. The van der Waals surface area contributed by atoms with Crippen molar-refractivity contribution in [2.75, 3.05) is 20.0 Å². The molecule has 0 radical (unpaired) electrons. The Morgan fingerprint density at radius 2 is 2.28 bits per heavy atom. The van der Waals surface area contributed by atoms with Gasteiger partial charge in [-0.3, -0.25) is 4.89 Å². The van der Waals surface area contributed by atoms with Gasteiger partial charge in [0, 0.05) is 6.42 Å². The first kappa shape index (κ1) is 15.2. The summed E-state index contributed by atoms with van der Waals surface area (Å²) in [5.74, 6) is 0. The zero-order valence-corrected chi connectivity index (χ0v) is 10.9. The minimum absolute atomic E-state index is 0.0546. The molecule has 7 heteroatoms. The highest BCUT2D eigenvalue weighted by Gasteiger charge is 2.25. The molecule has 1 N–H and O–H groups in total. The Morgan fingerprint density at radius 1 is 1.56 bits per heavy atom. The van der Waals surface area contributed by atoms with E-state index in [0.29, 0.717) is 13.0 Å².